The van der Waals surface area contributed by atoms with Crippen LogP contribution in [0.1, 0.15) is 36.9 Å². The van der Waals surface area contributed by atoms with Crippen molar-refractivity contribution in [2.45, 2.75) is 0 Å². The van der Waals surface area contributed by atoms with Gasteiger partial charge in [0, 0.05) is 10.6 Å². The number of methoxy groups -OCH3 is 2. The molecule has 1 heterocycles. The first-order valence-corrected chi connectivity index (χ1v) is 7.39. The van der Waals surface area contributed by atoms with Gasteiger partial charge in [-0.15, -0.1) is 0 Å². The summed E-state index contributed by atoms with van der Waals surface area (Å²) >= 11 is 11.9. The molecule has 0 atom stereocenters. The average molecular weight is 384 g/mol. The summed E-state index contributed by atoms with van der Waals surface area (Å²) in [7, 11) is 2.16. The van der Waals surface area contributed by atoms with E-state index in [0.717, 1.165) is 14.2 Å². The predicted octanol–water partition coefficient (Wildman–Crippen LogP) is 2.17. The van der Waals surface area contributed by atoms with Gasteiger partial charge in [-0.05, 0) is 18.2 Å². The van der Waals surface area contributed by atoms with Crippen LogP contribution in [0.4, 0.5) is 5.95 Å². The van der Waals surface area contributed by atoms with Gasteiger partial charge < -0.3 is 15.2 Å². The Kier molecular flexibility index (Phi) is 5.55. The molecule has 0 aliphatic heterocycles. The zero-order chi connectivity index (χ0) is 18.7. The van der Waals surface area contributed by atoms with E-state index in [0.29, 0.717) is 0 Å². The number of benzene rings is 1. The van der Waals surface area contributed by atoms with Crippen LogP contribution in [0.15, 0.2) is 18.2 Å². The summed E-state index contributed by atoms with van der Waals surface area (Å²) in [5, 5.41) is 0.279. The number of carbonyl (C=O) groups excluding carboxylic acids is 3. The first kappa shape index (κ1) is 18.6. The van der Waals surface area contributed by atoms with Crippen molar-refractivity contribution in [3.63, 3.8) is 0 Å². The number of hydrogen-bond donors (Lipinski definition) is 1. The molecule has 0 aliphatic rings. The lowest BCUT2D eigenvalue weighted by Gasteiger charge is -2.12. The van der Waals surface area contributed by atoms with Gasteiger partial charge in [-0.2, -0.15) is 0 Å². The Bertz CT molecular complexity index is 848. The molecule has 0 radical (unpaired) electrons. The summed E-state index contributed by atoms with van der Waals surface area (Å²) in [4.78, 5) is 44.4. The van der Waals surface area contributed by atoms with E-state index in [1.54, 1.807) is 0 Å². The minimum atomic E-state index is -0.985. The molecular weight excluding hydrogens is 373 g/mol. The molecule has 1 aromatic heterocycles. The first-order valence-electron chi connectivity index (χ1n) is 6.64. The molecule has 0 bridgehead atoms. The molecule has 0 saturated heterocycles. The SMILES string of the molecule is COC(=O)c1nc(N)nc(C(=O)OC)c1C(=O)c1cc(Cl)ccc1Cl. The number of hydrogen-bond acceptors (Lipinski definition) is 8. The molecule has 2 rings (SSSR count). The molecule has 130 valence electrons. The Morgan fingerprint density at radius 3 is 2.00 bits per heavy atom. The quantitative estimate of drug-likeness (QED) is 0.629. The van der Waals surface area contributed by atoms with E-state index in [4.69, 9.17) is 28.9 Å². The number of rotatable bonds is 4. The second kappa shape index (κ2) is 7.45. The predicted molar refractivity (Wildman–Crippen MR) is 89.0 cm³/mol. The van der Waals surface area contributed by atoms with Gasteiger partial charge in [0.15, 0.2) is 17.2 Å². The third-order valence-corrected chi connectivity index (χ3v) is 3.65. The molecule has 0 amide bonds. The average Bonchev–Trinajstić information content (AvgIpc) is 2.60. The molecular formula is C15H11Cl2N3O5. The fraction of sp³-hybridized carbons (Fsp3) is 0.133. The van der Waals surface area contributed by atoms with E-state index in [-0.39, 0.29) is 15.6 Å². The molecule has 0 aliphatic carbocycles. The van der Waals surface area contributed by atoms with Crippen LogP contribution in [0.5, 0.6) is 0 Å². The number of esters is 2. The topological polar surface area (TPSA) is 121 Å². The van der Waals surface area contributed by atoms with Gasteiger partial charge in [0.05, 0.1) is 24.8 Å². The summed E-state index contributed by atoms with van der Waals surface area (Å²) in [6, 6.07) is 4.15. The van der Waals surface area contributed by atoms with Gasteiger partial charge >= 0.3 is 11.9 Å². The van der Waals surface area contributed by atoms with Gasteiger partial charge in [0.1, 0.15) is 0 Å². The maximum absolute atomic E-state index is 12.9. The number of anilines is 1. The summed E-state index contributed by atoms with van der Waals surface area (Å²) in [6.07, 6.45) is 0. The Balaban J connectivity index is 2.81. The first-order chi connectivity index (χ1) is 11.8. The van der Waals surface area contributed by atoms with Crippen LogP contribution in [-0.2, 0) is 9.47 Å². The van der Waals surface area contributed by atoms with E-state index < -0.39 is 40.6 Å². The van der Waals surface area contributed by atoms with Gasteiger partial charge in [0.2, 0.25) is 5.95 Å². The van der Waals surface area contributed by atoms with E-state index in [1.165, 1.54) is 18.2 Å². The number of ether oxygens (including phenoxy) is 2. The minimum Gasteiger partial charge on any atom is -0.464 e. The van der Waals surface area contributed by atoms with Gasteiger partial charge in [-0.25, -0.2) is 19.6 Å². The van der Waals surface area contributed by atoms with Crippen molar-refractivity contribution in [2.24, 2.45) is 0 Å². The number of aromatic nitrogens is 2. The molecule has 25 heavy (non-hydrogen) atoms. The second-order valence-electron chi connectivity index (χ2n) is 4.59. The fourth-order valence-electron chi connectivity index (χ4n) is 1.99. The highest BCUT2D eigenvalue weighted by atomic mass is 35.5. The van der Waals surface area contributed by atoms with Crippen molar-refractivity contribution >= 4 is 46.9 Å². The Hall–Kier alpha value is -2.71. The molecule has 0 spiro atoms. The Labute approximate surface area is 151 Å². The normalized spacial score (nSPS) is 10.2. The largest absolute Gasteiger partial charge is 0.464 e. The van der Waals surface area contributed by atoms with Gasteiger partial charge in [0.25, 0.3) is 0 Å². The van der Waals surface area contributed by atoms with Crippen molar-refractivity contribution in [3.05, 3.63) is 50.8 Å². The van der Waals surface area contributed by atoms with Crippen LogP contribution in [0.2, 0.25) is 10.0 Å². The van der Waals surface area contributed by atoms with E-state index in [9.17, 15) is 14.4 Å². The number of nitrogens with two attached hydrogens (primary N) is 1. The zero-order valence-electron chi connectivity index (χ0n) is 13.0. The third kappa shape index (κ3) is 3.70. The van der Waals surface area contributed by atoms with Gasteiger partial charge in [-0.3, -0.25) is 4.79 Å². The van der Waals surface area contributed by atoms with Crippen molar-refractivity contribution in [1.82, 2.24) is 9.97 Å². The van der Waals surface area contributed by atoms with Crippen LogP contribution in [0.25, 0.3) is 0 Å². The lowest BCUT2D eigenvalue weighted by atomic mass is 9.99. The third-order valence-electron chi connectivity index (χ3n) is 3.08. The van der Waals surface area contributed by atoms with Crippen LogP contribution < -0.4 is 5.73 Å². The van der Waals surface area contributed by atoms with Crippen LogP contribution >= 0.6 is 23.2 Å². The second-order valence-corrected chi connectivity index (χ2v) is 5.43. The van der Waals surface area contributed by atoms with Crippen LogP contribution in [0.3, 0.4) is 0 Å². The summed E-state index contributed by atoms with van der Waals surface area (Å²) in [6.45, 7) is 0. The van der Waals surface area contributed by atoms with Gasteiger partial charge in [-0.1, -0.05) is 23.2 Å². The Morgan fingerprint density at radius 1 is 1.00 bits per heavy atom. The van der Waals surface area contributed by atoms with Crippen molar-refractivity contribution in [1.29, 1.82) is 0 Å². The van der Waals surface area contributed by atoms with Crippen molar-refractivity contribution < 1.29 is 23.9 Å². The summed E-state index contributed by atoms with van der Waals surface area (Å²) in [5.41, 5.74) is 4.03. The molecule has 10 heteroatoms. The zero-order valence-corrected chi connectivity index (χ0v) is 14.5. The number of nitrogens with zero attached hydrogens (tertiary/aromatic N) is 2. The van der Waals surface area contributed by atoms with Crippen molar-refractivity contribution in [3.8, 4) is 0 Å². The maximum atomic E-state index is 12.9. The number of halogens is 2. The number of ketones is 1. The van der Waals surface area contributed by atoms with Crippen LogP contribution in [0, 0.1) is 0 Å². The van der Waals surface area contributed by atoms with E-state index in [1.807, 2.05) is 0 Å². The van der Waals surface area contributed by atoms with Crippen molar-refractivity contribution in [2.75, 3.05) is 20.0 Å². The number of nitrogen functional groups attached to an aromatic ring is 1. The maximum Gasteiger partial charge on any atom is 0.357 e. The molecule has 2 N–H and O–H groups in total. The molecule has 0 saturated carbocycles. The molecule has 0 fully saturated rings. The molecule has 2 aromatic rings. The lowest BCUT2D eigenvalue weighted by Crippen LogP contribution is -2.22. The molecule has 8 nitrogen and oxygen atoms in total. The monoisotopic (exact) mass is 383 g/mol. The minimum absolute atomic E-state index is 0.0536. The highest BCUT2D eigenvalue weighted by Gasteiger charge is 2.31. The van der Waals surface area contributed by atoms with E-state index in [2.05, 4.69) is 19.4 Å². The molecule has 1 aromatic carbocycles. The standard InChI is InChI=1S/C15H11Cl2N3O5/c1-24-13(22)10-9(11(14(23)25-2)20-15(18)19-10)12(21)7-5-6(16)3-4-8(7)17/h3-5H,1-2H3,(H2,18,19,20). The number of carbonyl (C=O) groups is 3. The summed E-state index contributed by atoms with van der Waals surface area (Å²) in [5.74, 6) is -3.19. The Morgan fingerprint density at radius 2 is 1.52 bits per heavy atom. The lowest BCUT2D eigenvalue weighted by molar-refractivity contribution is 0.0583. The fourth-order valence-corrected chi connectivity index (χ4v) is 2.36. The highest BCUT2D eigenvalue weighted by Crippen LogP contribution is 2.26. The summed E-state index contributed by atoms with van der Waals surface area (Å²) < 4.78 is 9.18. The highest BCUT2D eigenvalue weighted by molar-refractivity contribution is 6.37. The molecule has 0 unspecified atom stereocenters. The van der Waals surface area contributed by atoms with Crippen LogP contribution in [-0.4, -0.2) is 41.9 Å². The van der Waals surface area contributed by atoms with E-state index >= 15 is 0 Å². The smallest absolute Gasteiger partial charge is 0.357 e.